The van der Waals surface area contributed by atoms with E-state index in [0.29, 0.717) is 11.6 Å². The zero-order chi connectivity index (χ0) is 16.9. The van der Waals surface area contributed by atoms with Crippen molar-refractivity contribution in [3.8, 4) is 0 Å². The molecular formula is C19H24ClNO3. The van der Waals surface area contributed by atoms with Crippen molar-refractivity contribution in [3.05, 3.63) is 34.9 Å². The van der Waals surface area contributed by atoms with Crippen LogP contribution in [0.25, 0.3) is 0 Å². The summed E-state index contributed by atoms with van der Waals surface area (Å²) in [5, 5.41) is 3.63. The number of hydrogen-bond acceptors (Lipinski definition) is 3. The zero-order valence-electron chi connectivity index (χ0n) is 13.8. The van der Waals surface area contributed by atoms with Crippen LogP contribution >= 0.6 is 11.6 Å². The molecule has 1 amide bonds. The standard InChI is InChI=1S/C19H24ClNO3/c20-15-8-6-14(7-9-15)18-16(12-17(22)24-18)19(23)21-11-10-13-4-2-1-3-5-13/h6-9,13,16,18H,1-5,10-12H2,(H,21,23)/t16-,18+/m0/s1. The molecule has 1 aliphatic heterocycles. The summed E-state index contributed by atoms with van der Waals surface area (Å²) in [4.78, 5) is 24.2. The van der Waals surface area contributed by atoms with Crippen LogP contribution in [0.1, 0.15) is 56.6 Å². The second-order valence-electron chi connectivity index (χ2n) is 6.86. The molecule has 1 aromatic carbocycles. The van der Waals surface area contributed by atoms with E-state index in [9.17, 15) is 9.59 Å². The van der Waals surface area contributed by atoms with Gasteiger partial charge in [0.15, 0.2) is 0 Å². The van der Waals surface area contributed by atoms with Crippen molar-refractivity contribution in [3.63, 3.8) is 0 Å². The minimum absolute atomic E-state index is 0.0865. The normalized spacial score (nSPS) is 24.6. The Morgan fingerprint density at radius 1 is 1.17 bits per heavy atom. The van der Waals surface area contributed by atoms with Crippen LogP contribution in [0.5, 0.6) is 0 Å². The number of halogens is 1. The lowest BCUT2D eigenvalue weighted by molar-refractivity contribution is -0.141. The summed E-state index contributed by atoms with van der Waals surface area (Å²) in [7, 11) is 0. The molecule has 4 nitrogen and oxygen atoms in total. The number of amides is 1. The number of hydrogen-bond donors (Lipinski definition) is 1. The van der Waals surface area contributed by atoms with Crippen LogP contribution in [0.3, 0.4) is 0 Å². The fourth-order valence-electron chi connectivity index (χ4n) is 3.75. The monoisotopic (exact) mass is 349 g/mol. The highest BCUT2D eigenvalue weighted by Gasteiger charge is 2.40. The van der Waals surface area contributed by atoms with E-state index in [1.54, 1.807) is 12.1 Å². The van der Waals surface area contributed by atoms with Crippen LogP contribution in [-0.2, 0) is 14.3 Å². The molecule has 1 N–H and O–H groups in total. The summed E-state index contributed by atoms with van der Waals surface area (Å²) in [5.41, 5.74) is 0.817. The Hall–Kier alpha value is -1.55. The molecular weight excluding hydrogens is 326 g/mol. The van der Waals surface area contributed by atoms with Crippen molar-refractivity contribution in [2.45, 2.75) is 51.0 Å². The number of nitrogens with one attached hydrogen (secondary N) is 1. The number of rotatable bonds is 5. The molecule has 24 heavy (non-hydrogen) atoms. The quantitative estimate of drug-likeness (QED) is 0.816. The van der Waals surface area contributed by atoms with Gasteiger partial charge in [0.05, 0.1) is 12.3 Å². The minimum Gasteiger partial charge on any atom is -0.457 e. The lowest BCUT2D eigenvalue weighted by Gasteiger charge is -2.22. The van der Waals surface area contributed by atoms with Gasteiger partial charge in [0.1, 0.15) is 6.10 Å². The summed E-state index contributed by atoms with van der Waals surface area (Å²) in [6.07, 6.45) is 7.16. The van der Waals surface area contributed by atoms with Crippen LogP contribution < -0.4 is 5.32 Å². The summed E-state index contributed by atoms with van der Waals surface area (Å²) in [5.74, 6) is -0.128. The highest BCUT2D eigenvalue weighted by atomic mass is 35.5. The molecule has 0 unspecified atom stereocenters. The molecule has 0 aromatic heterocycles. The number of carbonyl (C=O) groups excluding carboxylic acids is 2. The van der Waals surface area contributed by atoms with Gasteiger partial charge in [0.2, 0.25) is 5.91 Å². The van der Waals surface area contributed by atoms with Gasteiger partial charge >= 0.3 is 5.97 Å². The molecule has 5 heteroatoms. The zero-order valence-corrected chi connectivity index (χ0v) is 14.6. The molecule has 2 aliphatic rings. The molecule has 1 aliphatic carbocycles. The second-order valence-corrected chi connectivity index (χ2v) is 7.29. The molecule has 0 radical (unpaired) electrons. The topological polar surface area (TPSA) is 55.4 Å². The number of benzene rings is 1. The SMILES string of the molecule is O=C1C[C@H](C(=O)NCCC2CCCCC2)[C@@H](c2ccc(Cl)cc2)O1. The van der Waals surface area contributed by atoms with Gasteiger partial charge in [-0.1, -0.05) is 55.8 Å². The van der Waals surface area contributed by atoms with Gasteiger partial charge in [-0.3, -0.25) is 9.59 Å². The van der Waals surface area contributed by atoms with E-state index in [0.717, 1.165) is 17.9 Å². The second kappa shape index (κ2) is 8.02. The summed E-state index contributed by atoms with van der Waals surface area (Å²) in [6, 6.07) is 7.13. The average Bonchev–Trinajstić information content (AvgIpc) is 2.98. The number of esters is 1. The largest absolute Gasteiger partial charge is 0.457 e. The molecule has 1 saturated heterocycles. The van der Waals surface area contributed by atoms with Crippen molar-refractivity contribution in [1.29, 1.82) is 0 Å². The van der Waals surface area contributed by atoms with E-state index < -0.39 is 12.0 Å². The first-order valence-corrected chi connectivity index (χ1v) is 9.24. The van der Waals surface area contributed by atoms with Crippen LogP contribution in [0.15, 0.2) is 24.3 Å². The summed E-state index contributed by atoms with van der Waals surface area (Å²) < 4.78 is 5.37. The fourth-order valence-corrected chi connectivity index (χ4v) is 3.87. The Morgan fingerprint density at radius 3 is 2.58 bits per heavy atom. The first-order valence-electron chi connectivity index (χ1n) is 8.86. The van der Waals surface area contributed by atoms with Crippen molar-refractivity contribution in [2.75, 3.05) is 6.54 Å². The lowest BCUT2D eigenvalue weighted by atomic mass is 9.87. The molecule has 0 bridgehead atoms. The van der Waals surface area contributed by atoms with Crippen LogP contribution in [0.2, 0.25) is 5.02 Å². The first kappa shape index (κ1) is 17.3. The molecule has 1 saturated carbocycles. The number of cyclic esters (lactones) is 1. The van der Waals surface area contributed by atoms with E-state index >= 15 is 0 Å². The van der Waals surface area contributed by atoms with Gasteiger partial charge in [0, 0.05) is 11.6 Å². The van der Waals surface area contributed by atoms with Crippen molar-refractivity contribution < 1.29 is 14.3 Å². The third-order valence-corrected chi connectivity index (χ3v) is 5.37. The molecule has 130 valence electrons. The molecule has 3 rings (SSSR count). The van der Waals surface area contributed by atoms with E-state index in [1.807, 2.05) is 12.1 Å². The van der Waals surface area contributed by atoms with Crippen molar-refractivity contribution in [2.24, 2.45) is 11.8 Å². The number of ether oxygens (including phenoxy) is 1. The summed E-state index contributed by atoms with van der Waals surface area (Å²) >= 11 is 5.90. The predicted octanol–water partition coefficient (Wildman–Crippen LogP) is 4.03. The Labute approximate surface area is 147 Å². The highest BCUT2D eigenvalue weighted by Crippen LogP contribution is 2.36. The van der Waals surface area contributed by atoms with Gasteiger partial charge in [-0.25, -0.2) is 0 Å². The molecule has 2 atom stereocenters. The third-order valence-electron chi connectivity index (χ3n) is 5.12. The average molecular weight is 350 g/mol. The fraction of sp³-hybridized carbons (Fsp3) is 0.579. The molecule has 1 heterocycles. The van der Waals surface area contributed by atoms with E-state index in [4.69, 9.17) is 16.3 Å². The van der Waals surface area contributed by atoms with Crippen LogP contribution in [0, 0.1) is 11.8 Å². The van der Waals surface area contributed by atoms with Crippen LogP contribution in [-0.4, -0.2) is 18.4 Å². The van der Waals surface area contributed by atoms with Crippen molar-refractivity contribution in [1.82, 2.24) is 5.32 Å². The maximum Gasteiger partial charge on any atom is 0.307 e. The van der Waals surface area contributed by atoms with Gasteiger partial charge in [-0.15, -0.1) is 0 Å². The number of carbonyl (C=O) groups is 2. The van der Waals surface area contributed by atoms with Gasteiger partial charge in [-0.2, -0.15) is 0 Å². The van der Waals surface area contributed by atoms with Crippen molar-refractivity contribution >= 4 is 23.5 Å². The summed E-state index contributed by atoms with van der Waals surface area (Å²) in [6.45, 7) is 0.682. The van der Waals surface area contributed by atoms with Crippen LogP contribution in [0.4, 0.5) is 0 Å². The van der Waals surface area contributed by atoms with Gasteiger partial charge in [0.25, 0.3) is 0 Å². The Balaban J connectivity index is 1.55. The van der Waals surface area contributed by atoms with E-state index in [1.165, 1.54) is 32.1 Å². The lowest BCUT2D eigenvalue weighted by Crippen LogP contribution is -2.33. The Kier molecular flexibility index (Phi) is 5.77. The Bertz CT molecular complexity index is 581. The van der Waals surface area contributed by atoms with E-state index in [2.05, 4.69) is 5.32 Å². The maximum atomic E-state index is 12.5. The van der Waals surface area contributed by atoms with E-state index in [-0.39, 0.29) is 18.3 Å². The maximum absolute atomic E-state index is 12.5. The molecule has 0 spiro atoms. The van der Waals surface area contributed by atoms with Gasteiger partial charge in [-0.05, 0) is 30.0 Å². The molecule has 2 fully saturated rings. The third kappa shape index (κ3) is 4.29. The van der Waals surface area contributed by atoms with Gasteiger partial charge < -0.3 is 10.1 Å². The molecule has 1 aromatic rings. The highest BCUT2D eigenvalue weighted by molar-refractivity contribution is 6.30. The predicted molar refractivity (Wildman–Crippen MR) is 92.6 cm³/mol. The first-order chi connectivity index (χ1) is 11.6. The minimum atomic E-state index is -0.510. The smallest absolute Gasteiger partial charge is 0.307 e. The Morgan fingerprint density at radius 2 is 1.88 bits per heavy atom.